The molecular weight excluding hydrogens is 201 g/mol. The van der Waals surface area contributed by atoms with E-state index in [-0.39, 0.29) is 25.9 Å². The second kappa shape index (κ2) is 12.0. The van der Waals surface area contributed by atoms with Crippen LogP contribution in [0.15, 0.2) is 12.7 Å². The minimum Gasteiger partial charge on any atom is -0.550 e. The first-order valence-electron chi connectivity index (χ1n) is 2.57. The van der Waals surface area contributed by atoms with E-state index in [1.54, 1.807) is 0 Å². The van der Waals surface area contributed by atoms with Gasteiger partial charge in [0.05, 0.1) is 5.97 Å². The molecule has 0 saturated heterocycles. The van der Waals surface area contributed by atoms with Crippen molar-refractivity contribution in [3.63, 3.8) is 0 Å². The molecule has 0 radical (unpaired) electrons. The van der Waals surface area contributed by atoms with Crippen LogP contribution in [0.4, 0.5) is 0 Å². The van der Waals surface area contributed by atoms with Gasteiger partial charge in [-0.2, -0.15) is 0 Å². The summed E-state index contributed by atoms with van der Waals surface area (Å²) < 4.78 is 0. The third-order valence-electron chi connectivity index (χ3n) is 0.455. The molecule has 0 bridgehead atoms. The maximum absolute atomic E-state index is 9.26. The number of aliphatic carboxylic acids is 2. The largest absolute Gasteiger partial charge is 2.00 e. The topological polar surface area (TPSA) is 80.3 Å². The van der Waals surface area contributed by atoms with E-state index in [1.807, 2.05) is 0 Å². The molecular formula is C6H8O4Zn. The van der Waals surface area contributed by atoms with Crippen molar-refractivity contribution in [2.45, 2.75) is 13.3 Å². The maximum atomic E-state index is 9.26. The summed E-state index contributed by atoms with van der Waals surface area (Å²) in [5.41, 5.74) is 0. The maximum Gasteiger partial charge on any atom is 2.00 e. The Balaban J connectivity index is -0.000000107. The fraction of sp³-hybridized carbons (Fsp3) is 0.333. The molecule has 0 amide bonds. The summed E-state index contributed by atoms with van der Waals surface area (Å²) in [6.45, 7) is 4.44. The average molecular weight is 210 g/mol. The van der Waals surface area contributed by atoms with Crippen LogP contribution in [-0.4, -0.2) is 11.9 Å². The molecule has 0 aromatic heterocycles. The van der Waals surface area contributed by atoms with Crippen LogP contribution in [0.2, 0.25) is 0 Å². The second-order valence-electron chi connectivity index (χ2n) is 1.25. The van der Waals surface area contributed by atoms with E-state index in [9.17, 15) is 9.90 Å². The number of carbonyl (C=O) groups excluding carboxylic acids is 2. The fourth-order valence-corrected chi connectivity index (χ4v) is 0. The Morgan fingerprint density at radius 3 is 1.64 bits per heavy atom. The fourth-order valence-electron chi connectivity index (χ4n) is 0. The quantitative estimate of drug-likeness (QED) is 0.392. The van der Waals surface area contributed by atoms with Crippen molar-refractivity contribution in [2.24, 2.45) is 0 Å². The molecule has 0 aliphatic heterocycles. The van der Waals surface area contributed by atoms with Gasteiger partial charge in [-0.15, -0.1) is 0 Å². The monoisotopic (exact) mass is 208 g/mol. The van der Waals surface area contributed by atoms with Crippen molar-refractivity contribution in [3.05, 3.63) is 12.7 Å². The summed E-state index contributed by atoms with van der Waals surface area (Å²) in [5.74, 6) is -2.23. The zero-order chi connectivity index (χ0) is 8.57. The van der Waals surface area contributed by atoms with Gasteiger partial charge in [0.15, 0.2) is 0 Å². The van der Waals surface area contributed by atoms with Gasteiger partial charge < -0.3 is 19.8 Å². The van der Waals surface area contributed by atoms with Crippen LogP contribution in [0.5, 0.6) is 0 Å². The molecule has 5 heteroatoms. The first-order chi connectivity index (χ1) is 4.54. The summed E-state index contributed by atoms with van der Waals surface area (Å²) in [7, 11) is 0. The van der Waals surface area contributed by atoms with E-state index in [1.165, 1.54) is 6.92 Å². The minimum atomic E-state index is -1.23. The Morgan fingerprint density at radius 2 is 1.64 bits per heavy atom. The van der Waals surface area contributed by atoms with Gasteiger partial charge in [0.2, 0.25) is 0 Å². The molecule has 0 N–H and O–H groups in total. The number of hydrogen-bond donors (Lipinski definition) is 0. The molecule has 0 heterocycles. The van der Waals surface area contributed by atoms with Gasteiger partial charge in [-0.25, -0.2) is 0 Å². The van der Waals surface area contributed by atoms with Crippen LogP contribution in [0.1, 0.15) is 13.3 Å². The molecule has 11 heavy (non-hydrogen) atoms. The molecule has 0 spiro atoms. The molecule has 58 valence electrons. The van der Waals surface area contributed by atoms with Gasteiger partial charge in [0.25, 0.3) is 0 Å². The van der Waals surface area contributed by atoms with Crippen LogP contribution < -0.4 is 10.2 Å². The van der Waals surface area contributed by atoms with Crippen molar-refractivity contribution in [1.29, 1.82) is 0 Å². The van der Waals surface area contributed by atoms with Crippen molar-refractivity contribution in [2.75, 3.05) is 0 Å². The molecule has 4 nitrogen and oxygen atoms in total. The third-order valence-corrected chi connectivity index (χ3v) is 0.455. The smallest absolute Gasteiger partial charge is 0.550 e. The molecule has 0 atom stereocenters. The summed E-state index contributed by atoms with van der Waals surface area (Å²) >= 11 is 0. The van der Waals surface area contributed by atoms with Gasteiger partial charge in [0.1, 0.15) is 0 Å². The Labute approximate surface area is 77.7 Å². The van der Waals surface area contributed by atoms with E-state index in [4.69, 9.17) is 9.90 Å². The van der Waals surface area contributed by atoms with E-state index in [2.05, 4.69) is 6.58 Å². The average Bonchev–Trinajstić information content (AvgIpc) is 1.89. The Morgan fingerprint density at radius 1 is 1.45 bits per heavy atom. The number of hydrogen-bond acceptors (Lipinski definition) is 4. The standard InChI is InChI=1S/C3H6O2.C3H4O2.Zn/c2*1-2-3(4)5;/h2H2,1H3,(H,4,5);2H,1H2,(H,4,5);/q;;+2/p-2. The predicted octanol–water partition coefficient (Wildman–Crippen LogP) is -1.93. The summed E-state index contributed by atoms with van der Waals surface area (Å²) in [4.78, 5) is 18.4. The molecule has 0 unspecified atom stereocenters. The predicted molar refractivity (Wildman–Crippen MR) is 30.5 cm³/mol. The summed E-state index contributed by atoms with van der Waals surface area (Å²) in [6.07, 6.45) is 0.833. The zero-order valence-corrected chi connectivity index (χ0v) is 9.30. The Kier molecular flexibility index (Phi) is 18.3. The van der Waals surface area contributed by atoms with E-state index in [0.29, 0.717) is 0 Å². The number of carboxylic acid groups (broad SMARTS) is 2. The first kappa shape index (κ1) is 16.7. The van der Waals surface area contributed by atoms with Crippen LogP contribution in [-0.2, 0) is 29.1 Å². The van der Waals surface area contributed by atoms with Gasteiger partial charge in [-0.3, -0.25) is 0 Å². The van der Waals surface area contributed by atoms with Crippen LogP contribution >= 0.6 is 0 Å². The van der Waals surface area contributed by atoms with E-state index in [0.717, 1.165) is 6.08 Å². The molecule has 0 aromatic carbocycles. The molecule has 0 fully saturated rings. The number of rotatable bonds is 2. The van der Waals surface area contributed by atoms with Crippen LogP contribution in [0.25, 0.3) is 0 Å². The van der Waals surface area contributed by atoms with Gasteiger partial charge in [-0.05, 0) is 12.5 Å². The minimum absolute atomic E-state index is 0. The molecule has 0 saturated carbocycles. The Hall–Kier alpha value is -0.697. The third kappa shape index (κ3) is 45.5. The Bertz CT molecular complexity index is 133. The normalized spacial score (nSPS) is 6.27. The van der Waals surface area contributed by atoms with Crippen molar-refractivity contribution in [1.82, 2.24) is 0 Å². The zero-order valence-electron chi connectivity index (χ0n) is 6.33. The van der Waals surface area contributed by atoms with Gasteiger partial charge >= 0.3 is 19.5 Å². The van der Waals surface area contributed by atoms with E-state index < -0.39 is 11.9 Å². The van der Waals surface area contributed by atoms with Gasteiger partial charge in [0, 0.05) is 5.97 Å². The summed E-state index contributed by atoms with van der Waals surface area (Å²) in [5, 5.41) is 18.4. The van der Waals surface area contributed by atoms with E-state index >= 15 is 0 Å². The molecule has 0 rings (SSSR count). The van der Waals surface area contributed by atoms with Crippen LogP contribution in [0.3, 0.4) is 0 Å². The van der Waals surface area contributed by atoms with Gasteiger partial charge in [-0.1, -0.05) is 13.5 Å². The number of carbonyl (C=O) groups is 2. The molecule has 0 aliphatic carbocycles. The molecule has 0 aromatic rings. The number of carboxylic acids is 2. The van der Waals surface area contributed by atoms with Crippen molar-refractivity contribution >= 4 is 11.9 Å². The van der Waals surface area contributed by atoms with Crippen LogP contribution in [0, 0.1) is 0 Å². The second-order valence-corrected chi connectivity index (χ2v) is 1.25. The summed E-state index contributed by atoms with van der Waals surface area (Å²) in [6, 6.07) is 0. The SMILES string of the molecule is C=CC(=O)[O-].CCC(=O)[O-].[Zn+2]. The van der Waals surface area contributed by atoms with Crippen molar-refractivity contribution in [3.8, 4) is 0 Å². The molecule has 0 aliphatic rings. The first-order valence-corrected chi connectivity index (χ1v) is 2.57. The van der Waals surface area contributed by atoms with Crippen molar-refractivity contribution < 1.29 is 39.3 Å².